The minimum Gasteiger partial charge on any atom is -0.444 e. The van der Waals surface area contributed by atoms with E-state index in [1.54, 1.807) is 11.9 Å². The number of nitrogens with one attached hydrogen (secondary N) is 1. The summed E-state index contributed by atoms with van der Waals surface area (Å²) in [6.07, 6.45) is -0.294. The fourth-order valence-corrected chi connectivity index (χ4v) is 2.35. The summed E-state index contributed by atoms with van der Waals surface area (Å²) in [5, 5.41) is 3.38. The Hall–Kier alpha value is -1.51. The normalized spacial score (nSPS) is 13.8. The molecule has 0 fully saturated rings. The SMILES string of the molecule is CN(CCN1CCN=C1NCc1ccccc1)C(=O)OC(C)(C)C.I. The third kappa shape index (κ3) is 7.50. The number of aliphatic imine (C=N–C) groups is 1. The maximum atomic E-state index is 12.0. The van der Waals surface area contributed by atoms with Crippen LogP contribution in [-0.4, -0.2) is 60.7 Å². The highest BCUT2D eigenvalue weighted by Gasteiger charge is 2.21. The lowest BCUT2D eigenvalue weighted by Crippen LogP contribution is -2.43. The van der Waals surface area contributed by atoms with E-state index in [2.05, 4.69) is 27.3 Å². The zero-order chi connectivity index (χ0) is 17.6. The average Bonchev–Trinajstić information content (AvgIpc) is 2.97. The molecule has 1 aliphatic rings. The first kappa shape index (κ1) is 21.5. The number of carbonyl (C=O) groups excluding carboxylic acids is 1. The van der Waals surface area contributed by atoms with Crippen molar-refractivity contribution in [1.82, 2.24) is 15.1 Å². The van der Waals surface area contributed by atoms with Gasteiger partial charge in [-0.3, -0.25) is 4.99 Å². The molecule has 7 heteroatoms. The molecule has 1 amide bonds. The summed E-state index contributed by atoms with van der Waals surface area (Å²) in [5.41, 5.74) is 0.751. The van der Waals surface area contributed by atoms with Gasteiger partial charge in [0.25, 0.3) is 0 Å². The molecule has 2 rings (SSSR count). The number of guanidine groups is 1. The van der Waals surface area contributed by atoms with E-state index in [0.717, 1.165) is 32.1 Å². The highest BCUT2D eigenvalue weighted by atomic mass is 127. The number of halogens is 1. The van der Waals surface area contributed by atoms with Gasteiger partial charge in [0.2, 0.25) is 0 Å². The molecule has 140 valence electrons. The molecule has 0 spiro atoms. The summed E-state index contributed by atoms with van der Waals surface area (Å²) in [4.78, 5) is 20.3. The van der Waals surface area contributed by atoms with E-state index in [4.69, 9.17) is 4.74 Å². The Morgan fingerprint density at radius 2 is 2.00 bits per heavy atom. The lowest BCUT2D eigenvalue weighted by Gasteiger charge is -2.27. The third-order valence-electron chi connectivity index (χ3n) is 3.63. The molecule has 0 radical (unpaired) electrons. The quantitative estimate of drug-likeness (QED) is 0.687. The Morgan fingerprint density at radius 1 is 1.32 bits per heavy atom. The summed E-state index contributed by atoms with van der Waals surface area (Å²) >= 11 is 0. The van der Waals surface area contributed by atoms with Crippen molar-refractivity contribution in [3.63, 3.8) is 0 Å². The third-order valence-corrected chi connectivity index (χ3v) is 3.63. The topological polar surface area (TPSA) is 57.2 Å². The second kappa shape index (κ2) is 9.84. The monoisotopic (exact) mass is 460 g/mol. The van der Waals surface area contributed by atoms with Crippen LogP contribution in [0.4, 0.5) is 4.79 Å². The summed E-state index contributed by atoms with van der Waals surface area (Å²) in [6.45, 7) is 9.36. The van der Waals surface area contributed by atoms with Gasteiger partial charge in [0, 0.05) is 33.2 Å². The van der Waals surface area contributed by atoms with Crippen LogP contribution in [-0.2, 0) is 11.3 Å². The molecule has 6 nitrogen and oxygen atoms in total. The molecular weight excluding hydrogens is 431 g/mol. The molecule has 1 heterocycles. The van der Waals surface area contributed by atoms with Crippen LogP contribution in [0.15, 0.2) is 35.3 Å². The minimum absolute atomic E-state index is 0. The number of hydrogen-bond donors (Lipinski definition) is 1. The molecule has 1 aromatic rings. The second-order valence-corrected chi connectivity index (χ2v) is 6.93. The number of ether oxygens (including phenoxy) is 1. The van der Waals surface area contributed by atoms with Crippen molar-refractivity contribution in [2.75, 3.05) is 33.2 Å². The van der Waals surface area contributed by atoms with Crippen molar-refractivity contribution in [1.29, 1.82) is 0 Å². The van der Waals surface area contributed by atoms with Crippen LogP contribution in [0.25, 0.3) is 0 Å². The van der Waals surface area contributed by atoms with Crippen molar-refractivity contribution in [2.24, 2.45) is 4.99 Å². The van der Waals surface area contributed by atoms with Crippen LogP contribution < -0.4 is 5.32 Å². The summed E-state index contributed by atoms with van der Waals surface area (Å²) in [7, 11) is 1.76. The number of rotatable bonds is 5. The molecule has 25 heavy (non-hydrogen) atoms. The highest BCUT2D eigenvalue weighted by Crippen LogP contribution is 2.09. The van der Waals surface area contributed by atoms with Gasteiger partial charge in [-0.15, -0.1) is 24.0 Å². The Bertz CT molecular complexity index is 572. The van der Waals surface area contributed by atoms with Crippen LogP contribution in [0.2, 0.25) is 0 Å². The van der Waals surface area contributed by atoms with Crippen LogP contribution in [0.1, 0.15) is 26.3 Å². The molecule has 1 N–H and O–H groups in total. The van der Waals surface area contributed by atoms with Gasteiger partial charge in [0.05, 0.1) is 6.54 Å². The Kier molecular flexibility index (Phi) is 8.47. The Labute approximate surface area is 167 Å². The number of nitrogens with zero attached hydrogens (tertiary/aromatic N) is 3. The summed E-state index contributed by atoms with van der Waals surface area (Å²) in [6, 6.07) is 10.2. The Morgan fingerprint density at radius 3 is 2.64 bits per heavy atom. The van der Waals surface area contributed by atoms with Gasteiger partial charge in [0.15, 0.2) is 5.96 Å². The van der Waals surface area contributed by atoms with Crippen LogP contribution in [0.3, 0.4) is 0 Å². The number of amides is 1. The predicted octanol–water partition coefficient (Wildman–Crippen LogP) is 2.93. The lowest BCUT2D eigenvalue weighted by molar-refractivity contribution is 0.0292. The molecule has 0 aromatic heterocycles. The van der Waals surface area contributed by atoms with Crippen molar-refractivity contribution in [2.45, 2.75) is 32.9 Å². The van der Waals surface area contributed by atoms with Crippen molar-refractivity contribution < 1.29 is 9.53 Å². The smallest absolute Gasteiger partial charge is 0.410 e. The van der Waals surface area contributed by atoms with Gasteiger partial charge in [0.1, 0.15) is 5.60 Å². The van der Waals surface area contributed by atoms with Gasteiger partial charge >= 0.3 is 6.09 Å². The number of benzene rings is 1. The highest BCUT2D eigenvalue weighted by molar-refractivity contribution is 14.0. The number of hydrogen-bond acceptors (Lipinski definition) is 5. The van der Waals surface area contributed by atoms with Gasteiger partial charge in [-0.05, 0) is 26.3 Å². The van der Waals surface area contributed by atoms with E-state index in [9.17, 15) is 4.79 Å². The first-order chi connectivity index (χ1) is 11.3. The standard InChI is InChI=1S/C18H28N4O2.HI/c1-18(2,3)24-17(23)21(4)12-13-22-11-10-19-16(22)20-14-15-8-6-5-7-9-15;/h5-9H,10-14H2,1-4H3,(H,19,20);1H. The lowest BCUT2D eigenvalue weighted by atomic mass is 10.2. The van der Waals surface area contributed by atoms with E-state index >= 15 is 0 Å². The van der Waals surface area contributed by atoms with Crippen molar-refractivity contribution in [3.8, 4) is 0 Å². The van der Waals surface area contributed by atoms with E-state index in [0.29, 0.717) is 6.54 Å². The van der Waals surface area contributed by atoms with Crippen LogP contribution in [0, 0.1) is 0 Å². The minimum atomic E-state index is -0.469. The van der Waals surface area contributed by atoms with Crippen LogP contribution in [0.5, 0.6) is 0 Å². The molecule has 0 saturated carbocycles. The maximum absolute atomic E-state index is 12.0. The van der Waals surface area contributed by atoms with E-state index in [-0.39, 0.29) is 30.1 Å². The predicted molar refractivity (Wildman–Crippen MR) is 111 cm³/mol. The van der Waals surface area contributed by atoms with Gasteiger partial charge in [-0.1, -0.05) is 30.3 Å². The van der Waals surface area contributed by atoms with Gasteiger partial charge < -0.3 is 19.9 Å². The van der Waals surface area contributed by atoms with E-state index < -0.39 is 5.60 Å². The molecule has 1 aliphatic heterocycles. The fourth-order valence-electron chi connectivity index (χ4n) is 2.35. The first-order valence-corrected chi connectivity index (χ1v) is 8.36. The number of likely N-dealkylation sites (N-methyl/N-ethyl adjacent to an activating group) is 1. The first-order valence-electron chi connectivity index (χ1n) is 8.36. The largest absolute Gasteiger partial charge is 0.444 e. The molecule has 1 aromatic carbocycles. The molecule has 0 atom stereocenters. The van der Waals surface area contributed by atoms with Crippen LogP contribution >= 0.6 is 24.0 Å². The van der Waals surface area contributed by atoms with E-state index in [1.165, 1.54) is 5.56 Å². The molecule has 0 unspecified atom stereocenters. The van der Waals surface area contributed by atoms with Gasteiger partial charge in [-0.25, -0.2) is 4.79 Å². The molecule has 0 bridgehead atoms. The zero-order valence-corrected chi connectivity index (χ0v) is 17.8. The van der Waals surface area contributed by atoms with Crippen molar-refractivity contribution >= 4 is 36.0 Å². The maximum Gasteiger partial charge on any atom is 0.410 e. The van der Waals surface area contributed by atoms with Gasteiger partial charge in [-0.2, -0.15) is 0 Å². The summed E-state index contributed by atoms with van der Waals surface area (Å²) in [5.74, 6) is 0.899. The number of carbonyl (C=O) groups is 1. The van der Waals surface area contributed by atoms with E-state index in [1.807, 2.05) is 39.0 Å². The fraction of sp³-hybridized carbons (Fsp3) is 0.556. The molecule has 0 aliphatic carbocycles. The zero-order valence-electron chi connectivity index (χ0n) is 15.5. The molecular formula is C18H29IN4O2. The molecule has 0 saturated heterocycles. The summed E-state index contributed by atoms with van der Waals surface area (Å²) < 4.78 is 5.37. The van der Waals surface area contributed by atoms with Crippen molar-refractivity contribution in [3.05, 3.63) is 35.9 Å². The second-order valence-electron chi connectivity index (χ2n) is 6.93. The Balaban J connectivity index is 0.00000312. The average molecular weight is 460 g/mol.